The Morgan fingerprint density at radius 1 is 0.318 bits per heavy atom. The molecule has 0 aliphatic heterocycles. The van der Waals surface area contributed by atoms with E-state index in [1.165, 1.54) is 88.3 Å². The molecular weight excluding hydrogens is 795 g/mol. The van der Waals surface area contributed by atoms with Crippen LogP contribution in [0.2, 0.25) is 0 Å². The Bertz CT molecular complexity index is 3570. The summed E-state index contributed by atoms with van der Waals surface area (Å²) in [6.07, 6.45) is 0. The van der Waals surface area contributed by atoms with E-state index in [-0.39, 0.29) is 0 Å². The highest BCUT2D eigenvalue weighted by molar-refractivity contribution is 6.16. The molecule has 0 amide bonds. The number of aryl methyl sites for hydroxylation is 2. The van der Waals surface area contributed by atoms with Gasteiger partial charge in [-0.3, -0.25) is 0 Å². The molecule has 0 heterocycles. The SMILES string of the molecule is Cc1ccc(-c2cccc(-c3ccccc3N(c3ccccc3)c3ccc4c(c3)C(c3ccccc3)(c3ccccc3)c3ccccc3-4)c2)cc1-c1c(C)c2ccccc2c2ccccc12. The van der Waals surface area contributed by atoms with Gasteiger partial charge in [0.1, 0.15) is 0 Å². The van der Waals surface area contributed by atoms with Gasteiger partial charge in [0.2, 0.25) is 0 Å². The standard InChI is InChI=1S/C65H47N/c1-44-37-38-47(42-60(44)64-45(2)53-29-12-13-31-55(53)56-32-14-15-34-59(56)64)46-21-20-22-48(41-46)54-30-17-19-36-63(54)66(51-27-10-5-11-28-51)52-39-40-58-57-33-16-18-35-61(57)65(62(58)43-52,49-23-6-3-7-24-49)50-25-8-4-9-26-50/h3-43H,1-2H3. The molecule has 11 aromatic carbocycles. The molecule has 0 unspecified atom stereocenters. The minimum absolute atomic E-state index is 0.509. The van der Waals surface area contributed by atoms with Crippen molar-refractivity contribution in [3.05, 3.63) is 282 Å². The van der Waals surface area contributed by atoms with E-state index in [2.05, 4.69) is 267 Å². The molecule has 1 heteroatoms. The van der Waals surface area contributed by atoms with Crippen LogP contribution in [0.25, 0.3) is 66.1 Å². The van der Waals surface area contributed by atoms with Crippen LogP contribution in [0.1, 0.15) is 33.4 Å². The first-order chi connectivity index (χ1) is 32.6. The third-order valence-electron chi connectivity index (χ3n) is 14.1. The number of anilines is 3. The highest BCUT2D eigenvalue weighted by Crippen LogP contribution is 2.57. The fourth-order valence-electron chi connectivity index (χ4n) is 11.1. The zero-order chi connectivity index (χ0) is 44.2. The largest absolute Gasteiger partial charge is 0.310 e. The van der Waals surface area contributed by atoms with Crippen LogP contribution in [0.4, 0.5) is 17.1 Å². The summed E-state index contributed by atoms with van der Waals surface area (Å²) < 4.78 is 0. The first-order valence-electron chi connectivity index (χ1n) is 23.0. The molecule has 0 N–H and O–H groups in total. The van der Waals surface area contributed by atoms with Crippen molar-refractivity contribution < 1.29 is 0 Å². The van der Waals surface area contributed by atoms with Crippen molar-refractivity contribution in [3.63, 3.8) is 0 Å². The second-order valence-electron chi connectivity index (χ2n) is 17.6. The van der Waals surface area contributed by atoms with Gasteiger partial charge < -0.3 is 4.90 Å². The normalized spacial score (nSPS) is 12.5. The summed E-state index contributed by atoms with van der Waals surface area (Å²) in [4.78, 5) is 2.45. The zero-order valence-corrected chi connectivity index (χ0v) is 37.1. The molecule has 0 saturated heterocycles. The summed E-state index contributed by atoms with van der Waals surface area (Å²) in [6, 6.07) is 91.8. The van der Waals surface area contributed by atoms with Gasteiger partial charge >= 0.3 is 0 Å². The molecule has 312 valence electrons. The maximum atomic E-state index is 2.46. The Morgan fingerprint density at radius 2 is 0.864 bits per heavy atom. The number of hydrogen-bond acceptors (Lipinski definition) is 1. The maximum absolute atomic E-state index is 2.46. The molecule has 0 bridgehead atoms. The number of benzene rings is 11. The summed E-state index contributed by atoms with van der Waals surface area (Å²) >= 11 is 0. The molecule has 1 aliphatic rings. The highest BCUT2D eigenvalue weighted by atomic mass is 15.1. The Morgan fingerprint density at radius 3 is 1.59 bits per heavy atom. The predicted molar refractivity (Wildman–Crippen MR) is 279 cm³/mol. The van der Waals surface area contributed by atoms with Crippen LogP contribution in [0.3, 0.4) is 0 Å². The number of hydrogen-bond donors (Lipinski definition) is 0. The molecule has 0 atom stereocenters. The quantitative estimate of drug-likeness (QED) is 0.138. The molecule has 1 aliphatic carbocycles. The molecule has 0 fully saturated rings. The van der Waals surface area contributed by atoms with E-state index in [1.54, 1.807) is 0 Å². The average molecular weight is 842 g/mol. The minimum atomic E-state index is -0.509. The first kappa shape index (κ1) is 39.3. The van der Waals surface area contributed by atoms with Gasteiger partial charge in [0.15, 0.2) is 0 Å². The number of para-hydroxylation sites is 2. The van der Waals surface area contributed by atoms with Crippen molar-refractivity contribution in [2.75, 3.05) is 4.90 Å². The van der Waals surface area contributed by atoms with Gasteiger partial charge in [0.25, 0.3) is 0 Å². The third-order valence-corrected chi connectivity index (χ3v) is 14.1. The molecule has 0 radical (unpaired) electrons. The van der Waals surface area contributed by atoms with Gasteiger partial charge in [-0.25, -0.2) is 0 Å². The lowest BCUT2D eigenvalue weighted by Crippen LogP contribution is -2.28. The van der Waals surface area contributed by atoms with Crippen LogP contribution in [-0.2, 0) is 5.41 Å². The van der Waals surface area contributed by atoms with E-state index < -0.39 is 5.41 Å². The highest BCUT2D eigenvalue weighted by Gasteiger charge is 2.46. The summed E-state index contributed by atoms with van der Waals surface area (Å²) in [5.41, 5.74) is 20.3. The molecule has 0 saturated carbocycles. The number of fused-ring (bicyclic) bond motifs is 6. The molecule has 1 nitrogen and oxygen atoms in total. The van der Waals surface area contributed by atoms with Gasteiger partial charge in [-0.15, -0.1) is 0 Å². The summed E-state index contributed by atoms with van der Waals surface area (Å²) in [6.45, 7) is 4.53. The summed E-state index contributed by atoms with van der Waals surface area (Å²) in [7, 11) is 0. The monoisotopic (exact) mass is 841 g/mol. The van der Waals surface area contributed by atoms with Crippen molar-refractivity contribution in [1.29, 1.82) is 0 Å². The van der Waals surface area contributed by atoms with Gasteiger partial charge in [0, 0.05) is 16.9 Å². The van der Waals surface area contributed by atoms with Gasteiger partial charge in [0.05, 0.1) is 11.1 Å². The lowest BCUT2D eigenvalue weighted by Gasteiger charge is -2.35. The first-order valence-corrected chi connectivity index (χ1v) is 23.0. The molecular formula is C65H47N. The van der Waals surface area contributed by atoms with Crippen LogP contribution in [-0.4, -0.2) is 0 Å². The Kier molecular flexibility index (Phi) is 9.58. The van der Waals surface area contributed by atoms with Gasteiger partial charge in [-0.1, -0.05) is 206 Å². The summed E-state index contributed by atoms with van der Waals surface area (Å²) in [5.74, 6) is 0. The van der Waals surface area contributed by atoms with Crippen molar-refractivity contribution in [1.82, 2.24) is 0 Å². The molecule has 66 heavy (non-hydrogen) atoms. The lowest BCUT2D eigenvalue weighted by atomic mass is 9.67. The van der Waals surface area contributed by atoms with E-state index in [1.807, 2.05) is 0 Å². The van der Waals surface area contributed by atoms with E-state index in [0.29, 0.717) is 0 Å². The van der Waals surface area contributed by atoms with Gasteiger partial charge in [-0.05, 0) is 150 Å². The number of nitrogens with zero attached hydrogens (tertiary/aromatic N) is 1. The van der Waals surface area contributed by atoms with Crippen molar-refractivity contribution in [2.24, 2.45) is 0 Å². The van der Waals surface area contributed by atoms with Crippen LogP contribution in [0, 0.1) is 13.8 Å². The van der Waals surface area contributed by atoms with Crippen molar-refractivity contribution in [3.8, 4) is 44.5 Å². The van der Waals surface area contributed by atoms with Crippen molar-refractivity contribution >= 4 is 38.6 Å². The lowest BCUT2D eigenvalue weighted by molar-refractivity contribution is 0.768. The average Bonchev–Trinajstić information content (AvgIpc) is 3.68. The van der Waals surface area contributed by atoms with Gasteiger partial charge in [-0.2, -0.15) is 0 Å². The Balaban J connectivity index is 1.02. The van der Waals surface area contributed by atoms with E-state index in [9.17, 15) is 0 Å². The van der Waals surface area contributed by atoms with E-state index >= 15 is 0 Å². The molecule has 12 rings (SSSR count). The Labute approximate surface area is 387 Å². The summed E-state index contributed by atoms with van der Waals surface area (Å²) in [5, 5.41) is 5.18. The van der Waals surface area contributed by atoms with Crippen LogP contribution in [0.15, 0.2) is 249 Å². The zero-order valence-electron chi connectivity index (χ0n) is 37.1. The van der Waals surface area contributed by atoms with Crippen LogP contribution in [0.5, 0.6) is 0 Å². The Hall–Kier alpha value is -8.26. The molecule has 0 aromatic heterocycles. The second-order valence-corrected chi connectivity index (χ2v) is 17.6. The van der Waals surface area contributed by atoms with E-state index in [4.69, 9.17) is 0 Å². The van der Waals surface area contributed by atoms with Crippen LogP contribution >= 0.6 is 0 Å². The smallest absolute Gasteiger partial charge is 0.0714 e. The van der Waals surface area contributed by atoms with Crippen LogP contribution < -0.4 is 4.90 Å². The second kappa shape index (κ2) is 16.1. The number of rotatable bonds is 8. The fraction of sp³-hybridized carbons (Fsp3) is 0.0462. The minimum Gasteiger partial charge on any atom is -0.310 e. The predicted octanol–water partition coefficient (Wildman–Crippen LogP) is 17.4. The van der Waals surface area contributed by atoms with Crippen molar-refractivity contribution in [2.45, 2.75) is 19.3 Å². The molecule has 0 spiro atoms. The third kappa shape index (κ3) is 6.23. The maximum Gasteiger partial charge on any atom is 0.0714 e. The molecule has 11 aromatic rings. The van der Waals surface area contributed by atoms with E-state index in [0.717, 1.165) is 28.2 Å². The fourth-order valence-corrected chi connectivity index (χ4v) is 11.1. The topological polar surface area (TPSA) is 3.24 Å².